The Morgan fingerprint density at radius 2 is 2.33 bits per heavy atom. The molecule has 0 spiro atoms. The van der Waals surface area contributed by atoms with Crippen molar-refractivity contribution in [1.29, 1.82) is 0 Å². The minimum Gasteiger partial charge on any atom is -0.317 e. The van der Waals surface area contributed by atoms with Gasteiger partial charge in [0.15, 0.2) is 0 Å². The monoisotopic (exact) mass is 210 g/mol. The van der Waals surface area contributed by atoms with Gasteiger partial charge in [-0.15, -0.1) is 0 Å². The van der Waals surface area contributed by atoms with Crippen molar-refractivity contribution < 1.29 is 0 Å². The Kier molecular flexibility index (Phi) is 5.36. The van der Waals surface area contributed by atoms with Gasteiger partial charge in [0.1, 0.15) is 0 Å². The molecule has 0 radical (unpaired) electrons. The van der Waals surface area contributed by atoms with Gasteiger partial charge < -0.3 is 10.2 Å². The van der Waals surface area contributed by atoms with Gasteiger partial charge in [0.05, 0.1) is 6.20 Å². The molecule has 4 nitrogen and oxygen atoms in total. The van der Waals surface area contributed by atoms with Crippen molar-refractivity contribution in [1.82, 2.24) is 20.0 Å². The van der Waals surface area contributed by atoms with Crippen molar-refractivity contribution >= 4 is 0 Å². The summed E-state index contributed by atoms with van der Waals surface area (Å²) in [4.78, 5) is 2.33. The molecular weight excluding hydrogens is 188 g/mol. The molecule has 86 valence electrons. The van der Waals surface area contributed by atoms with Crippen LogP contribution >= 0.6 is 0 Å². The molecule has 0 aliphatic heterocycles. The highest BCUT2D eigenvalue weighted by Gasteiger charge is 2.01. The van der Waals surface area contributed by atoms with Crippen LogP contribution in [0.2, 0.25) is 0 Å². The van der Waals surface area contributed by atoms with E-state index in [-0.39, 0.29) is 0 Å². The summed E-state index contributed by atoms with van der Waals surface area (Å²) in [6.45, 7) is 6.42. The lowest BCUT2D eigenvalue weighted by Crippen LogP contribution is -2.23. The average molecular weight is 210 g/mol. The highest BCUT2D eigenvalue weighted by Crippen LogP contribution is 2.01. The van der Waals surface area contributed by atoms with E-state index in [9.17, 15) is 0 Å². The summed E-state index contributed by atoms with van der Waals surface area (Å²) in [5.41, 5.74) is 1.28. The van der Waals surface area contributed by atoms with Gasteiger partial charge in [-0.05, 0) is 33.1 Å². The zero-order chi connectivity index (χ0) is 11.1. The SMILES string of the molecule is CCNCCCN(C)Cc1cnn(C)c1. The standard InChI is InChI=1S/C11H22N4/c1-4-12-6-5-7-14(2)9-11-8-13-15(3)10-11/h8,10,12H,4-7,9H2,1-3H3. The Bertz CT molecular complexity index is 269. The zero-order valence-corrected chi connectivity index (χ0v) is 10.0. The van der Waals surface area contributed by atoms with Crippen molar-refractivity contribution in [3.05, 3.63) is 18.0 Å². The fourth-order valence-electron chi connectivity index (χ4n) is 1.60. The molecule has 0 aromatic carbocycles. The number of aromatic nitrogens is 2. The van der Waals surface area contributed by atoms with Gasteiger partial charge in [-0.3, -0.25) is 4.68 Å². The van der Waals surface area contributed by atoms with E-state index in [0.29, 0.717) is 0 Å². The highest BCUT2D eigenvalue weighted by atomic mass is 15.2. The number of nitrogens with zero attached hydrogens (tertiary/aromatic N) is 3. The Morgan fingerprint density at radius 3 is 2.93 bits per heavy atom. The summed E-state index contributed by atoms with van der Waals surface area (Å²) < 4.78 is 1.85. The first kappa shape index (κ1) is 12.2. The first-order valence-corrected chi connectivity index (χ1v) is 5.59. The first-order chi connectivity index (χ1) is 7.22. The second kappa shape index (κ2) is 6.58. The third-order valence-electron chi connectivity index (χ3n) is 2.35. The molecule has 0 saturated heterocycles. The molecule has 0 aliphatic rings. The molecule has 0 saturated carbocycles. The van der Waals surface area contributed by atoms with E-state index in [0.717, 1.165) is 26.2 Å². The van der Waals surface area contributed by atoms with Crippen LogP contribution in [0.15, 0.2) is 12.4 Å². The maximum absolute atomic E-state index is 4.16. The van der Waals surface area contributed by atoms with Crippen molar-refractivity contribution in [2.75, 3.05) is 26.7 Å². The molecule has 1 heterocycles. The van der Waals surface area contributed by atoms with Crippen molar-refractivity contribution in [3.8, 4) is 0 Å². The van der Waals surface area contributed by atoms with Crippen molar-refractivity contribution in [3.63, 3.8) is 0 Å². The third kappa shape index (κ3) is 4.95. The smallest absolute Gasteiger partial charge is 0.0534 e. The van der Waals surface area contributed by atoms with Crippen LogP contribution in [-0.2, 0) is 13.6 Å². The van der Waals surface area contributed by atoms with E-state index in [1.165, 1.54) is 12.0 Å². The summed E-state index contributed by atoms with van der Waals surface area (Å²) in [5, 5.41) is 7.49. The van der Waals surface area contributed by atoms with Gasteiger partial charge in [0.25, 0.3) is 0 Å². The molecule has 0 bridgehead atoms. The lowest BCUT2D eigenvalue weighted by Gasteiger charge is -2.15. The second-order valence-electron chi connectivity index (χ2n) is 3.97. The predicted molar refractivity (Wildman–Crippen MR) is 62.7 cm³/mol. The van der Waals surface area contributed by atoms with Crippen LogP contribution in [0.5, 0.6) is 0 Å². The van der Waals surface area contributed by atoms with E-state index in [1.807, 2.05) is 17.9 Å². The minimum absolute atomic E-state index is 0.986. The van der Waals surface area contributed by atoms with Crippen LogP contribution in [-0.4, -0.2) is 41.4 Å². The van der Waals surface area contributed by atoms with Crippen LogP contribution in [0.3, 0.4) is 0 Å². The van der Waals surface area contributed by atoms with Crippen LogP contribution < -0.4 is 5.32 Å². The lowest BCUT2D eigenvalue weighted by atomic mass is 10.3. The minimum atomic E-state index is 0.986. The lowest BCUT2D eigenvalue weighted by molar-refractivity contribution is 0.320. The molecule has 0 atom stereocenters. The maximum Gasteiger partial charge on any atom is 0.0534 e. The Morgan fingerprint density at radius 1 is 1.53 bits per heavy atom. The van der Waals surface area contributed by atoms with Crippen LogP contribution in [0, 0.1) is 0 Å². The van der Waals surface area contributed by atoms with Crippen LogP contribution in [0.1, 0.15) is 18.9 Å². The van der Waals surface area contributed by atoms with Gasteiger partial charge in [0.2, 0.25) is 0 Å². The third-order valence-corrected chi connectivity index (χ3v) is 2.35. The topological polar surface area (TPSA) is 33.1 Å². The number of hydrogen-bond donors (Lipinski definition) is 1. The van der Waals surface area contributed by atoms with Crippen LogP contribution in [0.25, 0.3) is 0 Å². The fraction of sp³-hybridized carbons (Fsp3) is 0.727. The predicted octanol–water partition coefficient (Wildman–Crippen LogP) is 0.851. The molecule has 0 fully saturated rings. The van der Waals surface area contributed by atoms with Gasteiger partial charge >= 0.3 is 0 Å². The largest absolute Gasteiger partial charge is 0.317 e. The number of aryl methyl sites for hydroxylation is 1. The summed E-state index contributed by atoms with van der Waals surface area (Å²) in [5.74, 6) is 0. The molecule has 0 unspecified atom stereocenters. The molecule has 1 rings (SSSR count). The summed E-state index contributed by atoms with van der Waals surface area (Å²) in [6.07, 6.45) is 5.20. The summed E-state index contributed by atoms with van der Waals surface area (Å²) >= 11 is 0. The van der Waals surface area contributed by atoms with E-state index >= 15 is 0 Å². The Balaban J connectivity index is 2.15. The average Bonchev–Trinajstić information content (AvgIpc) is 2.59. The molecule has 1 N–H and O–H groups in total. The van der Waals surface area contributed by atoms with Gasteiger partial charge in [-0.1, -0.05) is 6.92 Å². The second-order valence-corrected chi connectivity index (χ2v) is 3.97. The van der Waals surface area contributed by atoms with Gasteiger partial charge in [-0.25, -0.2) is 0 Å². The molecule has 0 amide bonds. The van der Waals surface area contributed by atoms with Crippen molar-refractivity contribution in [2.45, 2.75) is 19.9 Å². The Hall–Kier alpha value is -0.870. The Labute approximate surface area is 92.3 Å². The molecular formula is C11H22N4. The first-order valence-electron chi connectivity index (χ1n) is 5.59. The molecule has 1 aromatic heterocycles. The van der Waals surface area contributed by atoms with Crippen LogP contribution in [0.4, 0.5) is 0 Å². The van der Waals surface area contributed by atoms with Crippen molar-refractivity contribution in [2.24, 2.45) is 7.05 Å². The number of hydrogen-bond acceptors (Lipinski definition) is 3. The van der Waals surface area contributed by atoms with Gasteiger partial charge in [0, 0.05) is 25.4 Å². The quantitative estimate of drug-likeness (QED) is 0.677. The highest BCUT2D eigenvalue weighted by molar-refractivity contribution is 5.02. The summed E-state index contributed by atoms with van der Waals surface area (Å²) in [6, 6.07) is 0. The maximum atomic E-state index is 4.16. The van der Waals surface area contributed by atoms with E-state index in [4.69, 9.17) is 0 Å². The van der Waals surface area contributed by atoms with E-state index in [1.54, 1.807) is 0 Å². The zero-order valence-electron chi connectivity index (χ0n) is 10.0. The molecule has 1 aromatic rings. The van der Waals surface area contributed by atoms with E-state index in [2.05, 4.69) is 35.5 Å². The molecule has 0 aliphatic carbocycles. The molecule has 15 heavy (non-hydrogen) atoms. The van der Waals surface area contributed by atoms with E-state index < -0.39 is 0 Å². The molecule has 4 heteroatoms. The number of rotatable bonds is 7. The number of nitrogens with one attached hydrogen (secondary N) is 1. The van der Waals surface area contributed by atoms with Gasteiger partial charge in [-0.2, -0.15) is 5.10 Å². The summed E-state index contributed by atoms with van der Waals surface area (Å²) in [7, 11) is 4.10. The normalized spacial score (nSPS) is 11.2. The fourth-order valence-corrected chi connectivity index (χ4v) is 1.60.